The molecule has 1 fully saturated rings. The Morgan fingerprint density at radius 2 is 1.61 bits per heavy atom. The quantitative estimate of drug-likeness (QED) is 0.716. The molecule has 1 heterocycles. The normalized spacial score (nSPS) is 17.7. The minimum absolute atomic E-state index is 0.415. The monoisotopic (exact) mass is 338 g/mol. The van der Waals surface area contributed by atoms with Crippen LogP contribution in [0.3, 0.4) is 0 Å². The Bertz CT molecular complexity index is 574. The molecule has 1 aliphatic heterocycles. The highest BCUT2D eigenvalue weighted by Crippen LogP contribution is 2.21. The molecular formula is C18H30N2O2S. The highest BCUT2D eigenvalue weighted by Gasteiger charge is 2.28. The van der Waals surface area contributed by atoms with Crippen LogP contribution in [0.25, 0.3) is 0 Å². The van der Waals surface area contributed by atoms with Gasteiger partial charge in [-0.25, -0.2) is 8.42 Å². The van der Waals surface area contributed by atoms with Crippen molar-refractivity contribution in [2.24, 2.45) is 0 Å². The van der Waals surface area contributed by atoms with E-state index >= 15 is 0 Å². The van der Waals surface area contributed by atoms with E-state index < -0.39 is 10.0 Å². The second-order valence-corrected chi connectivity index (χ2v) is 8.61. The van der Waals surface area contributed by atoms with Gasteiger partial charge in [0.1, 0.15) is 0 Å². The first-order valence-electron chi connectivity index (χ1n) is 8.77. The average Bonchev–Trinajstić information content (AvgIpc) is 2.55. The van der Waals surface area contributed by atoms with E-state index in [1.807, 2.05) is 12.1 Å². The van der Waals surface area contributed by atoms with Gasteiger partial charge in [-0.15, -0.1) is 0 Å². The highest BCUT2D eigenvalue weighted by atomic mass is 32.2. The fraction of sp³-hybridized carbons (Fsp3) is 0.667. The molecule has 0 N–H and O–H groups in total. The Kier molecular flexibility index (Phi) is 6.62. The molecule has 0 atom stereocenters. The van der Waals surface area contributed by atoms with Gasteiger partial charge in [-0.1, -0.05) is 45.7 Å². The Labute approximate surface area is 141 Å². The Balaban J connectivity index is 1.96. The van der Waals surface area contributed by atoms with Crippen LogP contribution in [0, 0.1) is 0 Å². The smallest absolute Gasteiger partial charge is 0.243 e. The Hall–Kier alpha value is -0.910. The van der Waals surface area contributed by atoms with E-state index in [0.717, 1.165) is 19.6 Å². The molecule has 23 heavy (non-hydrogen) atoms. The van der Waals surface area contributed by atoms with Crippen molar-refractivity contribution in [2.45, 2.75) is 50.8 Å². The van der Waals surface area contributed by atoms with Crippen LogP contribution >= 0.6 is 0 Å². The third-order valence-electron chi connectivity index (χ3n) is 4.59. The zero-order valence-corrected chi connectivity index (χ0v) is 15.5. The lowest BCUT2D eigenvalue weighted by Gasteiger charge is -2.34. The first-order chi connectivity index (χ1) is 10.9. The summed E-state index contributed by atoms with van der Waals surface area (Å²) in [5.41, 5.74) is 1.17. The first-order valence-corrected chi connectivity index (χ1v) is 10.2. The number of piperazine rings is 1. The number of sulfonamides is 1. The SMILES string of the molecule is CCCCCN1CCN(S(=O)(=O)c2ccc(C(C)C)cc2)CC1. The van der Waals surface area contributed by atoms with Crippen LogP contribution in [-0.4, -0.2) is 50.3 Å². The molecule has 1 saturated heterocycles. The molecule has 0 bridgehead atoms. The van der Waals surface area contributed by atoms with Crippen LogP contribution in [0.5, 0.6) is 0 Å². The summed E-state index contributed by atoms with van der Waals surface area (Å²) in [5.74, 6) is 0.415. The molecule has 5 heteroatoms. The number of hydrogen-bond donors (Lipinski definition) is 0. The molecule has 0 radical (unpaired) electrons. The van der Waals surface area contributed by atoms with Gasteiger partial charge in [0, 0.05) is 26.2 Å². The molecule has 1 aliphatic rings. The molecule has 0 unspecified atom stereocenters. The van der Waals surface area contributed by atoms with Crippen LogP contribution in [-0.2, 0) is 10.0 Å². The molecule has 1 aromatic carbocycles. The summed E-state index contributed by atoms with van der Waals surface area (Å²) in [6.07, 6.45) is 3.68. The maximum atomic E-state index is 12.7. The van der Waals surface area contributed by atoms with Crippen molar-refractivity contribution in [1.82, 2.24) is 9.21 Å². The summed E-state index contributed by atoms with van der Waals surface area (Å²) in [7, 11) is -3.35. The summed E-state index contributed by atoms with van der Waals surface area (Å²) in [4.78, 5) is 2.80. The van der Waals surface area contributed by atoms with Crippen molar-refractivity contribution in [3.05, 3.63) is 29.8 Å². The lowest BCUT2D eigenvalue weighted by molar-refractivity contribution is 0.185. The van der Waals surface area contributed by atoms with Crippen LogP contribution in [0.15, 0.2) is 29.2 Å². The number of hydrogen-bond acceptors (Lipinski definition) is 3. The lowest BCUT2D eigenvalue weighted by Crippen LogP contribution is -2.48. The van der Waals surface area contributed by atoms with Crippen molar-refractivity contribution in [2.75, 3.05) is 32.7 Å². The van der Waals surface area contributed by atoms with Gasteiger partial charge < -0.3 is 4.90 Å². The van der Waals surface area contributed by atoms with Gasteiger partial charge >= 0.3 is 0 Å². The van der Waals surface area contributed by atoms with Gasteiger partial charge in [0.15, 0.2) is 0 Å². The maximum absolute atomic E-state index is 12.7. The van der Waals surface area contributed by atoms with Gasteiger partial charge in [0.05, 0.1) is 4.90 Å². The molecule has 1 aromatic rings. The molecule has 0 aromatic heterocycles. The topological polar surface area (TPSA) is 40.6 Å². The maximum Gasteiger partial charge on any atom is 0.243 e. The van der Waals surface area contributed by atoms with Crippen molar-refractivity contribution in [3.8, 4) is 0 Å². The zero-order chi connectivity index (χ0) is 16.9. The second kappa shape index (κ2) is 8.27. The van der Waals surface area contributed by atoms with Gasteiger partial charge in [-0.05, 0) is 36.6 Å². The third kappa shape index (κ3) is 4.78. The van der Waals surface area contributed by atoms with Crippen molar-refractivity contribution in [3.63, 3.8) is 0 Å². The minimum Gasteiger partial charge on any atom is -0.301 e. The Morgan fingerprint density at radius 3 is 2.13 bits per heavy atom. The molecule has 4 nitrogen and oxygen atoms in total. The molecule has 0 spiro atoms. The summed E-state index contributed by atoms with van der Waals surface area (Å²) in [6, 6.07) is 7.35. The van der Waals surface area contributed by atoms with Crippen LogP contribution in [0.1, 0.15) is 51.5 Å². The molecule has 130 valence electrons. The fourth-order valence-corrected chi connectivity index (χ4v) is 4.37. The largest absolute Gasteiger partial charge is 0.301 e. The molecule has 0 aliphatic carbocycles. The summed E-state index contributed by atoms with van der Waals surface area (Å²) >= 11 is 0. The second-order valence-electron chi connectivity index (χ2n) is 6.68. The van der Waals surface area contributed by atoms with E-state index in [1.165, 1.54) is 24.8 Å². The van der Waals surface area contributed by atoms with Crippen LogP contribution in [0.4, 0.5) is 0 Å². The summed E-state index contributed by atoms with van der Waals surface area (Å²) in [5, 5.41) is 0. The van der Waals surface area contributed by atoms with Crippen LogP contribution < -0.4 is 0 Å². The molecule has 0 saturated carbocycles. The van der Waals surface area contributed by atoms with E-state index in [9.17, 15) is 8.42 Å². The van der Waals surface area contributed by atoms with Gasteiger partial charge in [-0.2, -0.15) is 4.31 Å². The summed E-state index contributed by atoms with van der Waals surface area (Å²) < 4.78 is 27.1. The number of nitrogens with zero attached hydrogens (tertiary/aromatic N) is 2. The lowest BCUT2D eigenvalue weighted by atomic mass is 10.0. The zero-order valence-electron chi connectivity index (χ0n) is 14.7. The molecule has 2 rings (SSSR count). The van der Waals surface area contributed by atoms with Crippen molar-refractivity contribution >= 4 is 10.0 Å². The van der Waals surface area contributed by atoms with E-state index in [1.54, 1.807) is 16.4 Å². The van der Waals surface area contributed by atoms with E-state index in [2.05, 4.69) is 25.7 Å². The van der Waals surface area contributed by atoms with Crippen molar-refractivity contribution in [1.29, 1.82) is 0 Å². The predicted octanol–water partition coefficient (Wildman–Crippen LogP) is 3.31. The number of rotatable bonds is 7. The average molecular weight is 339 g/mol. The highest BCUT2D eigenvalue weighted by molar-refractivity contribution is 7.89. The fourth-order valence-electron chi connectivity index (χ4n) is 2.95. The third-order valence-corrected chi connectivity index (χ3v) is 6.51. The van der Waals surface area contributed by atoms with Gasteiger partial charge in [0.2, 0.25) is 10.0 Å². The van der Waals surface area contributed by atoms with Gasteiger partial charge in [-0.3, -0.25) is 0 Å². The van der Waals surface area contributed by atoms with E-state index in [0.29, 0.717) is 23.9 Å². The minimum atomic E-state index is -3.35. The summed E-state index contributed by atoms with van der Waals surface area (Å²) in [6.45, 7) is 10.4. The van der Waals surface area contributed by atoms with E-state index in [4.69, 9.17) is 0 Å². The first kappa shape index (κ1) is 18.4. The molecular weight excluding hydrogens is 308 g/mol. The predicted molar refractivity (Wildman–Crippen MR) is 95.3 cm³/mol. The standard InChI is InChI=1S/C18H30N2O2S/c1-4-5-6-11-19-12-14-20(15-13-19)23(21,22)18-9-7-17(8-10-18)16(2)3/h7-10,16H,4-6,11-15H2,1-3H3. The van der Waals surface area contributed by atoms with Crippen LogP contribution in [0.2, 0.25) is 0 Å². The number of benzene rings is 1. The van der Waals surface area contributed by atoms with Gasteiger partial charge in [0.25, 0.3) is 0 Å². The Morgan fingerprint density at radius 1 is 1.00 bits per heavy atom. The molecule has 0 amide bonds. The van der Waals surface area contributed by atoms with E-state index in [-0.39, 0.29) is 0 Å². The number of unbranched alkanes of at least 4 members (excludes halogenated alkanes) is 2. The van der Waals surface area contributed by atoms with Crippen molar-refractivity contribution < 1.29 is 8.42 Å².